The number of aromatic amines is 1. The van der Waals surface area contributed by atoms with E-state index in [2.05, 4.69) is 15.0 Å². The molecule has 12 unspecified atom stereocenters. The van der Waals surface area contributed by atoms with Gasteiger partial charge in [0.05, 0.1) is 85.0 Å². The number of nitrogens with zero attached hydrogens (tertiary/aromatic N) is 16. The minimum atomic E-state index is -4.63. The summed E-state index contributed by atoms with van der Waals surface area (Å²) in [5, 5.41) is 8.89. The number of piperazine rings is 1. The minimum absolute atomic E-state index is 0.0374. The first-order chi connectivity index (χ1) is 48.6. The third-order valence-electron chi connectivity index (χ3n) is 17.3. The number of aliphatic hydroxyl groups is 1. The van der Waals surface area contributed by atoms with Crippen molar-refractivity contribution in [2.75, 3.05) is 198 Å². The molecule has 9 rings (SSSR count). The van der Waals surface area contributed by atoms with Crippen molar-refractivity contribution >= 4 is 54.1 Å². The summed E-state index contributed by atoms with van der Waals surface area (Å²) >= 11 is 0. The predicted octanol–water partition coefficient (Wildman–Crippen LogP) is -0.429. The molecule has 0 saturated carbocycles. The van der Waals surface area contributed by atoms with Gasteiger partial charge in [0.15, 0.2) is 43.8 Å². The molecule has 103 heavy (non-hydrogen) atoms. The molecular weight excluding hydrogens is 1440 g/mol. The molecule has 5 fully saturated rings. The number of morpholine rings is 4. The van der Waals surface area contributed by atoms with Gasteiger partial charge in [-0.25, -0.2) is 56.5 Å². The maximum atomic E-state index is 16.4. The fourth-order valence-corrected chi connectivity index (χ4v) is 19.6. The Kier molecular flexibility index (Phi) is 27.5. The first-order valence-corrected chi connectivity index (χ1v) is 39.1. The summed E-state index contributed by atoms with van der Waals surface area (Å²) in [4.78, 5) is 94.0. The van der Waals surface area contributed by atoms with E-state index in [1.807, 2.05) is 18.7 Å². The van der Waals surface area contributed by atoms with E-state index in [4.69, 9.17) is 73.6 Å². The topological polar surface area (TPSA) is 464 Å². The minimum Gasteiger partial charge on any atom is -0.447 e. The zero-order valence-electron chi connectivity index (χ0n) is 59.4. The Bertz CT molecular complexity index is 4080. The van der Waals surface area contributed by atoms with Crippen molar-refractivity contribution in [2.45, 2.75) is 76.7 Å². The second-order valence-electron chi connectivity index (χ2n) is 25.7. The fraction of sp³-hybridized carbons (Fsp3) is 0.684. The van der Waals surface area contributed by atoms with E-state index >= 15 is 18.3 Å². The molecule has 0 aromatic carbocycles. The second-order valence-corrected chi connectivity index (χ2v) is 35.9. The number of carbonyl (C=O) groups is 1. The molecule has 0 radical (unpaired) electrons. The lowest BCUT2D eigenvalue weighted by molar-refractivity contribution is -0.211. The normalized spacial score (nSPS) is 25.6. The van der Waals surface area contributed by atoms with Crippen LogP contribution >= 0.6 is 30.7 Å². The molecule has 1 amide bonds. The molecule has 0 bridgehead atoms. The molecule has 46 heteroatoms. The van der Waals surface area contributed by atoms with Gasteiger partial charge in [0.2, 0.25) is 0 Å². The van der Waals surface area contributed by atoms with Crippen LogP contribution in [0.15, 0.2) is 73.0 Å². The maximum Gasteiger partial charge on any atom is 0.409 e. The third-order valence-corrected chi connectivity index (χ3v) is 27.6. The Morgan fingerprint density at radius 2 is 1.04 bits per heavy atom. The number of amides is 1. The van der Waals surface area contributed by atoms with Crippen molar-refractivity contribution in [3.63, 3.8) is 0 Å². The first kappa shape index (κ1) is 81.3. The molecule has 0 spiro atoms. The summed E-state index contributed by atoms with van der Waals surface area (Å²) in [6, 6.07) is 5.37. The Labute approximate surface area is 593 Å². The van der Waals surface area contributed by atoms with Crippen molar-refractivity contribution in [1.29, 1.82) is 0 Å². The number of H-pyrrole nitrogens is 1. The highest BCUT2D eigenvalue weighted by atomic mass is 31.2. The van der Waals surface area contributed by atoms with Crippen LogP contribution in [0.1, 0.15) is 44.3 Å². The van der Waals surface area contributed by atoms with Gasteiger partial charge in [0, 0.05) is 87.4 Å². The Balaban J connectivity index is 0.995. The predicted molar refractivity (Wildman–Crippen MR) is 372 cm³/mol. The van der Waals surface area contributed by atoms with Gasteiger partial charge >= 0.3 is 53.8 Å². The van der Waals surface area contributed by atoms with Crippen LogP contribution in [-0.4, -0.2) is 304 Å². The van der Waals surface area contributed by atoms with Gasteiger partial charge in [-0.15, -0.1) is 0 Å². The number of carbonyl (C=O) groups excluding carboxylic acids is 1. The number of aromatic nitrogens is 7. The van der Waals surface area contributed by atoms with E-state index in [1.54, 1.807) is 10.7 Å². The Hall–Kier alpha value is -5.82. The zero-order valence-corrected chi connectivity index (χ0v) is 63.0. The summed E-state index contributed by atoms with van der Waals surface area (Å²) < 4.78 is 148. The molecule has 4 aromatic rings. The molecule has 576 valence electrons. The highest BCUT2D eigenvalue weighted by Gasteiger charge is 2.52. The van der Waals surface area contributed by atoms with Crippen LogP contribution in [0.2, 0.25) is 0 Å². The van der Waals surface area contributed by atoms with E-state index in [-0.39, 0.29) is 127 Å². The largest absolute Gasteiger partial charge is 0.447 e. The van der Waals surface area contributed by atoms with Crippen LogP contribution in [0.25, 0.3) is 0 Å². The number of hydrogen-bond acceptors (Lipinski definition) is 28. The van der Waals surface area contributed by atoms with Gasteiger partial charge in [-0.05, 0) is 95.4 Å². The molecule has 8 N–H and O–H groups in total. The standard InChI is InChI=1S/C57H96N20O22P4/c1-39(2)69-31-46(74-15-12-41(58)28-45(74)79)94-50(35-69)97-103(88,67(10)11)73-33-48(76-17-14-44(60)62-55(76)82)96-52(37-73)99-102(87,66(8)9)71-30-42(93-49(34-71)77-29-40(3)53(80)63-56(77)83)38-92-100(85,64(4)5)72-32-47(75-16-13-43(59)61-54(75)81)95-51(36-72)98-101(86,65(6)7)70-20-18-68(19-21-70)57(84)91-27-26-90-25-24-89-23-22-78/h12-17,28-29,39,42,46-52,78H,18-27,30-38,58H2,1-11H3,(H2,59,61,81)(H2,60,62,82)(H,63,80,83). The summed E-state index contributed by atoms with van der Waals surface area (Å²) in [6.45, 7) is 3.48. The number of ether oxygens (including phenoxy) is 7. The van der Waals surface area contributed by atoms with E-state index in [0.717, 1.165) is 13.7 Å². The van der Waals surface area contributed by atoms with E-state index < -0.39 is 141 Å². The first-order valence-electron chi connectivity index (χ1n) is 33.0. The molecule has 9 heterocycles. The monoisotopic (exact) mass is 1540 g/mol. The summed E-state index contributed by atoms with van der Waals surface area (Å²) in [6.07, 6.45) is -6.15. The van der Waals surface area contributed by atoms with Gasteiger partial charge in [-0.2, -0.15) is 9.97 Å². The van der Waals surface area contributed by atoms with Crippen molar-refractivity contribution in [3.05, 3.63) is 107 Å². The molecule has 5 saturated heterocycles. The van der Waals surface area contributed by atoms with Gasteiger partial charge in [0.25, 0.3) is 11.1 Å². The molecule has 0 aliphatic carbocycles. The van der Waals surface area contributed by atoms with Crippen LogP contribution in [0.4, 0.5) is 22.1 Å². The highest BCUT2D eigenvalue weighted by Crippen LogP contribution is 2.61. The number of anilines is 3. The number of rotatable bonds is 30. The molecule has 42 nitrogen and oxygen atoms in total. The van der Waals surface area contributed by atoms with Crippen LogP contribution in [0.5, 0.6) is 0 Å². The lowest BCUT2D eigenvalue weighted by Crippen LogP contribution is -2.53. The highest BCUT2D eigenvalue weighted by molar-refractivity contribution is 7.55. The third kappa shape index (κ3) is 19.3. The average molecular weight is 1540 g/mol. The van der Waals surface area contributed by atoms with Crippen LogP contribution in [-0.2, 0) is 69.5 Å². The number of hydrogen-bond donors (Lipinski definition) is 5. The van der Waals surface area contributed by atoms with E-state index in [9.17, 15) is 28.8 Å². The number of nitrogens with one attached hydrogen (secondary N) is 1. The summed E-state index contributed by atoms with van der Waals surface area (Å²) in [5.41, 5.74) is 14.3. The average Bonchev–Trinajstić information content (AvgIpc) is 0.768. The van der Waals surface area contributed by atoms with Crippen LogP contribution < -0.4 is 45.4 Å². The SMILES string of the molecule is Cc1cn(C2CN(P(=O)(OC3CN(P(=O)(OC4CN(C(C)C)CC(n5ccc(N)cc5=O)O4)N(C)C)CC(n4ccc(N)nc4=O)O3)N(C)C)CC(COP(=O)(N(C)C)N3CC(OP(=O)(N(C)C)N4CCN(C(=O)OCCOCCOCCO)CC4)OC(n4ccc(N)nc4=O)C3)O2)c(=O)[nH]c1=O. The van der Waals surface area contributed by atoms with Crippen molar-refractivity contribution in [1.82, 2.24) is 80.4 Å². The summed E-state index contributed by atoms with van der Waals surface area (Å²) in [7, 11) is -5.80. The lowest BCUT2D eigenvalue weighted by atomic mass is 10.2. The van der Waals surface area contributed by atoms with E-state index in [0.29, 0.717) is 0 Å². The van der Waals surface area contributed by atoms with Crippen LogP contribution in [0.3, 0.4) is 0 Å². The van der Waals surface area contributed by atoms with Crippen molar-refractivity contribution in [3.8, 4) is 0 Å². The number of aryl methyl sites for hydroxylation is 1. The smallest absolute Gasteiger partial charge is 0.409 e. The Morgan fingerprint density at radius 1 is 0.583 bits per heavy atom. The molecule has 5 aliphatic heterocycles. The van der Waals surface area contributed by atoms with Gasteiger partial charge in [-0.1, -0.05) is 0 Å². The number of pyridine rings is 1. The van der Waals surface area contributed by atoms with Gasteiger partial charge < -0.3 is 64.9 Å². The fourth-order valence-electron chi connectivity index (χ4n) is 11.8. The van der Waals surface area contributed by atoms with Crippen LogP contribution in [0, 0.1) is 6.92 Å². The molecule has 5 aliphatic rings. The van der Waals surface area contributed by atoms with E-state index in [1.165, 1.54) is 148 Å². The quantitative estimate of drug-likeness (QED) is 0.0327. The Morgan fingerprint density at radius 3 is 1.53 bits per heavy atom. The van der Waals surface area contributed by atoms with Crippen molar-refractivity contribution < 1.29 is 79.4 Å². The maximum absolute atomic E-state index is 16.4. The number of aliphatic hydroxyl groups excluding tert-OH is 1. The lowest BCUT2D eigenvalue weighted by Gasteiger charge is -2.47. The van der Waals surface area contributed by atoms with Gasteiger partial charge in [-0.3, -0.25) is 69.6 Å². The number of nitrogens with two attached hydrogens (primary N) is 3. The van der Waals surface area contributed by atoms with Crippen molar-refractivity contribution in [2.24, 2.45) is 0 Å². The number of nitrogen functional groups attached to an aromatic ring is 3. The second kappa shape index (κ2) is 34.8. The molecule has 12 atom stereocenters. The zero-order chi connectivity index (χ0) is 75.0. The molecular formula is C57H96N20O22P4. The van der Waals surface area contributed by atoms with Gasteiger partial charge in [0.1, 0.15) is 18.2 Å². The summed E-state index contributed by atoms with van der Waals surface area (Å²) in [5.74, 6) is -0.226. The molecule has 4 aromatic heterocycles.